The van der Waals surface area contributed by atoms with Crippen LogP contribution < -0.4 is 10.6 Å². The zero-order chi connectivity index (χ0) is 45.2. The van der Waals surface area contributed by atoms with E-state index in [0.29, 0.717) is 0 Å². The molecule has 4 heterocycles. The van der Waals surface area contributed by atoms with Crippen molar-refractivity contribution in [1.29, 1.82) is 0 Å². The smallest absolute Gasteiger partial charge is 0.364 e. The van der Waals surface area contributed by atoms with Crippen molar-refractivity contribution in [3.8, 4) is 0 Å². The summed E-state index contributed by atoms with van der Waals surface area (Å²) in [6, 6.07) is -2.95. The monoisotopic (exact) mass is 897 g/mol. The first-order chi connectivity index (χ1) is 27.9. The number of rotatable bonds is 16. The summed E-state index contributed by atoms with van der Waals surface area (Å²) in [6.07, 6.45) is -35.4. The number of carbonyl (C=O) groups excluding carboxylic acids is 2. The van der Waals surface area contributed by atoms with E-state index in [9.17, 15) is 83.5 Å². The topological polar surface area (TPSA) is 429 Å². The van der Waals surface area contributed by atoms with E-state index in [4.69, 9.17) is 33.2 Å². The fourth-order valence-corrected chi connectivity index (χ4v) is 7.68. The molecule has 0 radical (unpaired) electrons. The molecule has 21 atom stereocenters. The summed E-state index contributed by atoms with van der Waals surface area (Å²) in [5, 5.41) is 122. The van der Waals surface area contributed by atoms with Gasteiger partial charge >= 0.3 is 5.97 Å². The van der Waals surface area contributed by atoms with Crippen molar-refractivity contribution < 1.29 is 121 Å². The van der Waals surface area contributed by atoms with Gasteiger partial charge in [-0.05, 0) is 13.8 Å². The third kappa shape index (κ3) is 11.4. The maximum Gasteiger partial charge on any atom is 0.364 e. The molecule has 0 spiro atoms. The van der Waals surface area contributed by atoms with E-state index in [1.165, 1.54) is 13.8 Å². The fourth-order valence-electron chi connectivity index (χ4n) is 7.38. The number of ether oxygens (including phenoxy) is 7. The quantitative estimate of drug-likeness (QED) is 0.0505. The lowest BCUT2D eigenvalue weighted by molar-refractivity contribution is -0.385. The van der Waals surface area contributed by atoms with Crippen molar-refractivity contribution >= 4 is 28.2 Å². The van der Waals surface area contributed by atoms with Crippen molar-refractivity contribution in [2.75, 3.05) is 19.8 Å². The lowest BCUT2D eigenvalue weighted by atomic mass is 9.88. The average molecular weight is 898 g/mol. The lowest BCUT2D eigenvalue weighted by Crippen LogP contribution is -2.71. The second-order valence-electron chi connectivity index (χ2n) is 14.8. The Balaban J connectivity index is 1.77. The minimum atomic E-state index is -5.54. The number of aliphatic hydroxyl groups excluding tert-OH is 10. The van der Waals surface area contributed by atoms with E-state index in [-0.39, 0.29) is 0 Å². The molecule has 13 N–H and O–H groups in total. The molecule has 348 valence electrons. The standard InChI is InChI=1S/C32H54N2O25S/c1-9-17(33-11(3)37)27(57-29-23(45)22(44)19(41)10(2)54-29)25(15(7-36)53-9)56-30-24(46)28(21(43)16(55-30)8-52-60(49,50)51)59-32(31(47)48)5-13(39)18(34-12(4)38)26(58-32)20(42)14(40)6-35/h9-10,13-30,35-36,39-46H,5-8H2,1-4H3,(H,33,37)(H,34,38)(H,47,48)(H,49,50,51)/p-1/t9-,10?,13+,14+,15?,16?,17?,18+,19+,20+,21-,22-,23?,24?,25+,26?,27+,28-,29-,30-,32-/m0/s1. The van der Waals surface area contributed by atoms with E-state index in [1.54, 1.807) is 0 Å². The number of carbonyl (C=O) groups is 3. The Hall–Kier alpha value is -2.40. The molecule has 0 aromatic carbocycles. The summed E-state index contributed by atoms with van der Waals surface area (Å²) in [7, 11) is -5.54. The Bertz CT molecular complexity index is 1580. The molecule has 4 aliphatic rings. The highest BCUT2D eigenvalue weighted by Crippen LogP contribution is 2.39. The van der Waals surface area contributed by atoms with Gasteiger partial charge in [0.15, 0.2) is 12.6 Å². The van der Waals surface area contributed by atoms with Crippen LogP contribution in [0.4, 0.5) is 0 Å². The molecular weight excluding hydrogens is 844 g/mol. The van der Waals surface area contributed by atoms with Crippen LogP contribution >= 0.6 is 0 Å². The van der Waals surface area contributed by atoms with Crippen LogP contribution in [0.3, 0.4) is 0 Å². The molecule has 4 fully saturated rings. The zero-order valence-corrected chi connectivity index (χ0v) is 33.2. The summed E-state index contributed by atoms with van der Waals surface area (Å²) in [5.74, 6) is -6.85. The van der Waals surface area contributed by atoms with Crippen molar-refractivity contribution in [1.82, 2.24) is 10.6 Å². The van der Waals surface area contributed by atoms with E-state index < -0.39 is 183 Å². The summed E-state index contributed by atoms with van der Waals surface area (Å²) < 4.78 is 79.0. The highest BCUT2D eigenvalue weighted by molar-refractivity contribution is 7.80. The minimum absolute atomic E-state index is 0.676. The molecule has 27 nitrogen and oxygen atoms in total. The molecule has 4 saturated heterocycles. The predicted molar refractivity (Wildman–Crippen MR) is 185 cm³/mol. The van der Waals surface area contributed by atoms with E-state index >= 15 is 0 Å². The van der Waals surface area contributed by atoms with Crippen LogP contribution in [0.5, 0.6) is 0 Å². The number of carboxylic acid groups (broad SMARTS) is 1. The van der Waals surface area contributed by atoms with Gasteiger partial charge in [0, 0.05) is 20.3 Å². The van der Waals surface area contributed by atoms with Crippen molar-refractivity contribution in [3.63, 3.8) is 0 Å². The molecule has 60 heavy (non-hydrogen) atoms. The van der Waals surface area contributed by atoms with Gasteiger partial charge < -0.3 is 105 Å². The number of aliphatic carboxylic acids is 1. The van der Waals surface area contributed by atoms with Crippen LogP contribution in [-0.4, -0.2) is 235 Å². The maximum atomic E-state index is 13.0. The molecule has 0 aromatic rings. The van der Waals surface area contributed by atoms with Gasteiger partial charge in [-0.1, -0.05) is 0 Å². The van der Waals surface area contributed by atoms with E-state index in [0.717, 1.165) is 13.8 Å². The zero-order valence-electron chi connectivity index (χ0n) is 32.4. The third-order valence-corrected chi connectivity index (χ3v) is 10.8. The highest BCUT2D eigenvalue weighted by Gasteiger charge is 2.60. The van der Waals surface area contributed by atoms with Crippen molar-refractivity contribution in [2.45, 2.75) is 162 Å². The van der Waals surface area contributed by atoms with Crippen LogP contribution in [0.1, 0.15) is 34.1 Å². The first-order valence-corrected chi connectivity index (χ1v) is 19.9. The molecule has 28 heteroatoms. The second-order valence-corrected chi connectivity index (χ2v) is 15.9. The molecular formula is C32H53N2O25S-. The summed E-state index contributed by atoms with van der Waals surface area (Å²) in [5.41, 5.74) is 0. The van der Waals surface area contributed by atoms with Crippen LogP contribution in [0, 0.1) is 0 Å². The van der Waals surface area contributed by atoms with Crippen molar-refractivity contribution in [3.05, 3.63) is 0 Å². The van der Waals surface area contributed by atoms with Crippen LogP contribution in [0.15, 0.2) is 0 Å². The summed E-state index contributed by atoms with van der Waals surface area (Å²) in [4.78, 5) is 37.3. The number of hydrogen-bond acceptors (Lipinski definition) is 24. The van der Waals surface area contributed by atoms with Crippen LogP contribution in [0.25, 0.3) is 0 Å². The van der Waals surface area contributed by atoms with Crippen LogP contribution in [0.2, 0.25) is 0 Å². The number of hydrogen-bond donors (Lipinski definition) is 13. The molecule has 2 amide bonds. The Morgan fingerprint density at radius 1 is 0.783 bits per heavy atom. The Morgan fingerprint density at radius 2 is 1.37 bits per heavy atom. The molecule has 0 saturated carbocycles. The molecule has 4 aliphatic heterocycles. The Morgan fingerprint density at radius 3 is 1.92 bits per heavy atom. The largest absolute Gasteiger partial charge is 0.726 e. The van der Waals surface area contributed by atoms with Gasteiger partial charge in [0.05, 0.1) is 50.2 Å². The van der Waals surface area contributed by atoms with Gasteiger partial charge in [-0.2, -0.15) is 0 Å². The Kier molecular flexibility index (Phi) is 17.1. The number of nitrogens with one attached hydrogen (secondary N) is 2. The minimum Gasteiger partial charge on any atom is -0.726 e. The van der Waals surface area contributed by atoms with Gasteiger partial charge in [-0.15, -0.1) is 0 Å². The molecule has 7 unspecified atom stereocenters. The lowest BCUT2D eigenvalue weighted by Gasteiger charge is -2.51. The van der Waals surface area contributed by atoms with Gasteiger partial charge in [-0.3, -0.25) is 13.8 Å². The Labute approximate surface area is 341 Å². The highest BCUT2D eigenvalue weighted by atomic mass is 32.3. The van der Waals surface area contributed by atoms with Gasteiger partial charge in [0.2, 0.25) is 22.2 Å². The van der Waals surface area contributed by atoms with Gasteiger partial charge in [-0.25, -0.2) is 13.2 Å². The normalized spacial score (nSPS) is 43.7. The second kappa shape index (κ2) is 20.4. The van der Waals surface area contributed by atoms with Crippen molar-refractivity contribution in [2.24, 2.45) is 0 Å². The molecule has 4 rings (SSSR count). The van der Waals surface area contributed by atoms with Gasteiger partial charge in [0.1, 0.15) is 79.4 Å². The summed E-state index contributed by atoms with van der Waals surface area (Å²) >= 11 is 0. The summed E-state index contributed by atoms with van der Waals surface area (Å²) in [6.45, 7) is 1.46. The first-order valence-electron chi connectivity index (χ1n) is 18.5. The first kappa shape index (κ1) is 50.2. The van der Waals surface area contributed by atoms with E-state index in [2.05, 4.69) is 14.8 Å². The molecule has 0 aliphatic carbocycles. The fraction of sp³-hybridized carbons (Fsp3) is 0.906. The van der Waals surface area contributed by atoms with Gasteiger partial charge in [0.25, 0.3) is 5.79 Å². The third-order valence-electron chi connectivity index (χ3n) is 10.4. The van der Waals surface area contributed by atoms with E-state index in [1.807, 2.05) is 0 Å². The number of amides is 2. The number of aliphatic hydroxyl groups is 10. The average Bonchev–Trinajstić information content (AvgIpc) is 3.16. The SMILES string of the molecule is CC(=O)NC1[C@H](C)OC(CO)[C@@H](O[C@@H]2OC(COS(=O)(=O)[O-])[C@H](O)[C@H](O[C@]3(C(=O)O)C[C@@H](O)[C@@H](NC(C)=O)C([C@H](O)[C@H](O)CO)O3)C2O)[C@@H]1O[C@@H]1OC(C)[C@@H](O)[C@H](O)C1O. The number of carboxylic acids is 1. The maximum absolute atomic E-state index is 13.0. The van der Waals surface area contributed by atoms with Crippen LogP contribution in [-0.2, 0) is 62.1 Å². The molecule has 0 aromatic heterocycles. The molecule has 0 bridgehead atoms. The predicted octanol–water partition coefficient (Wildman–Crippen LogP) is -8.67.